The summed E-state index contributed by atoms with van der Waals surface area (Å²) >= 11 is 0. The molecule has 1 aliphatic heterocycles. The minimum absolute atomic E-state index is 0.448. The van der Waals surface area contributed by atoms with Crippen molar-refractivity contribution in [1.29, 1.82) is 0 Å². The summed E-state index contributed by atoms with van der Waals surface area (Å²) in [6, 6.07) is 15.5. The second kappa shape index (κ2) is 3.52. The minimum Gasteiger partial charge on any atom is -0.497 e. The standard InChI is InChI=1S/C16H15NO/c1-18-11-6-7-15-13(9-11)14-8-10-4-2-3-5-12(10)16(14)17-15/h2-7,9,14,16-17H,8H2,1H3/t14-,16-/m0/s1. The third-order valence-electron chi connectivity index (χ3n) is 4.20. The largest absolute Gasteiger partial charge is 0.497 e. The quantitative estimate of drug-likeness (QED) is 0.819. The van der Waals surface area contributed by atoms with Crippen LogP contribution in [0, 0.1) is 0 Å². The van der Waals surface area contributed by atoms with Crippen molar-refractivity contribution in [3.05, 3.63) is 59.2 Å². The molecule has 0 spiro atoms. The van der Waals surface area contributed by atoms with Gasteiger partial charge in [-0.3, -0.25) is 0 Å². The monoisotopic (exact) mass is 237 g/mol. The van der Waals surface area contributed by atoms with E-state index in [9.17, 15) is 0 Å². The SMILES string of the molecule is COc1ccc2c(c1)[C@@H]1Cc3ccccc3[C@@H]1N2. The van der Waals surface area contributed by atoms with Crippen LogP contribution in [-0.4, -0.2) is 7.11 Å². The van der Waals surface area contributed by atoms with E-state index < -0.39 is 0 Å². The fourth-order valence-electron chi connectivity index (χ4n) is 3.34. The van der Waals surface area contributed by atoms with Crippen molar-refractivity contribution in [1.82, 2.24) is 0 Å². The maximum absolute atomic E-state index is 5.34. The molecule has 0 radical (unpaired) electrons. The van der Waals surface area contributed by atoms with E-state index >= 15 is 0 Å². The number of nitrogens with one attached hydrogen (secondary N) is 1. The molecule has 1 N–H and O–H groups in total. The van der Waals surface area contributed by atoms with Gasteiger partial charge in [0.1, 0.15) is 5.75 Å². The molecule has 0 fully saturated rings. The molecule has 1 heterocycles. The lowest BCUT2D eigenvalue weighted by molar-refractivity contribution is 0.414. The van der Waals surface area contributed by atoms with E-state index in [1.54, 1.807) is 7.11 Å². The van der Waals surface area contributed by atoms with E-state index in [2.05, 4.69) is 41.7 Å². The zero-order chi connectivity index (χ0) is 12.1. The number of methoxy groups -OCH3 is 1. The summed E-state index contributed by atoms with van der Waals surface area (Å²) in [6.07, 6.45) is 1.13. The molecular weight excluding hydrogens is 222 g/mol. The third kappa shape index (κ3) is 1.23. The normalized spacial score (nSPS) is 22.9. The fourth-order valence-corrected chi connectivity index (χ4v) is 3.34. The lowest BCUT2D eigenvalue weighted by atomic mass is 9.96. The van der Waals surface area contributed by atoms with Gasteiger partial charge in [0.25, 0.3) is 0 Å². The maximum Gasteiger partial charge on any atom is 0.119 e. The molecule has 2 aliphatic rings. The van der Waals surface area contributed by atoms with Crippen molar-refractivity contribution < 1.29 is 4.74 Å². The van der Waals surface area contributed by atoms with Crippen molar-refractivity contribution in [2.75, 3.05) is 12.4 Å². The first kappa shape index (κ1) is 10.0. The summed E-state index contributed by atoms with van der Waals surface area (Å²) in [4.78, 5) is 0. The Hall–Kier alpha value is -1.96. The van der Waals surface area contributed by atoms with Gasteiger partial charge in [0.05, 0.1) is 13.2 Å². The van der Waals surface area contributed by atoms with Crippen LogP contribution < -0.4 is 10.1 Å². The summed E-state index contributed by atoms with van der Waals surface area (Å²) in [5, 5.41) is 3.65. The molecule has 2 heteroatoms. The van der Waals surface area contributed by atoms with E-state index in [1.807, 2.05) is 6.07 Å². The lowest BCUT2D eigenvalue weighted by Gasteiger charge is -2.11. The van der Waals surface area contributed by atoms with Crippen LogP contribution in [0.15, 0.2) is 42.5 Å². The van der Waals surface area contributed by atoms with Gasteiger partial charge >= 0.3 is 0 Å². The first-order chi connectivity index (χ1) is 8.86. The smallest absolute Gasteiger partial charge is 0.119 e. The van der Waals surface area contributed by atoms with Crippen LogP contribution in [-0.2, 0) is 6.42 Å². The number of fused-ring (bicyclic) bond motifs is 5. The molecule has 1 aliphatic carbocycles. The molecule has 0 saturated heterocycles. The van der Waals surface area contributed by atoms with E-state index in [4.69, 9.17) is 4.74 Å². The average Bonchev–Trinajstić information content (AvgIpc) is 2.94. The number of hydrogen-bond acceptors (Lipinski definition) is 2. The highest BCUT2D eigenvalue weighted by Crippen LogP contribution is 2.51. The molecule has 18 heavy (non-hydrogen) atoms. The highest BCUT2D eigenvalue weighted by atomic mass is 16.5. The average molecular weight is 237 g/mol. The van der Waals surface area contributed by atoms with E-state index in [1.165, 1.54) is 22.4 Å². The fraction of sp³-hybridized carbons (Fsp3) is 0.250. The molecule has 2 atom stereocenters. The summed E-state index contributed by atoms with van der Waals surface area (Å²) in [5.74, 6) is 1.51. The molecule has 0 amide bonds. The molecule has 2 aromatic rings. The Labute approximate surface area is 107 Å². The molecule has 90 valence electrons. The van der Waals surface area contributed by atoms with Crippen molar-refractivity contribution >= 4 is 5.69 Å². The maximum atomic E-state index is 5.34. The Morgan fingerprint density at radius 1 is 1.11 bits per heavy atom. The Morgan fingerprint density at radius 2 is 2.00 bits per heavy atom. The molecule has 4 rings (SSSR count). The Morgan fingerprint density at radius 3 is 2.89 bits per heavy atom. The van der Waals surface area contributed by atoms with Crippen LogP contribution >= 0.6 is 0 Å². The minimum atomic E-state index is 0.448. The lowest BCUT2D eigenvalue weighted by Crippen LogP contribution is -2.05. The first-order valence-electron chi connectivity index (χ1n) is 6.39. The predicted octanol–water partition coefficient (Wildman–Crippen LogP) is 3.50. The Bertz CT molecular complexity index is 620. The highest BCUT2D eigenvalue weighted by molar-refractivity contribution is 5.65. The summed E-state index contributed by atoms with van der Waals surface area (Å²) in [5.41, 5.74) is 5.60. The number of ether oxygens (including phenoxy) is 1. The Kier molecular flexibility index (Phi) is 1.95. The van der Waals surface area contributed by atoms with Gasteiger partial charge in [0, 0.05) is 11.6 Å². The van der Waals surface area contributed by atoms with Gasteiger partial charge in [-0.15, -0.1) is 0 Å². The van der Waals surface area contributed by atoms with E-state index in [0.717, 1.165) is 12.2 Å². The van der Waals surface area contributed by atoms with E-state index in [-0.39, 0.29) is 0 Å². The van der Waals surface area contributed by atoms with Crippen molar-refractivity contribution in [3.63, 3.8) is 0 Å². The Balaban J connectivity index is 1.81. The number of rotatable bonds is 1. The first-order valence-corrected chi connectivity index (χ1v) is 6.39. The summed E-state index contributed by atoms with van der Waals surface area (Å²) < 4.78 is 5.34. The van der Waals surface area contributed by atoms with Gasteiger partial charge in [-0.05, 0) is 41.3 Å². The van der Waals surface area contributed by atoms with Gasteiger partial charge in [0.2, 0.25) is 0 Å². The number of hydrogen-bond donors (Lipinski definition) is 1. The van der Waals surface area contributed by atoms with Crippen LogP contribution in [0.1, 0.15) is 28.7 Å². The van der Waals surface area contributed by atoms with Gasteiger partial charge < -0.3 is 10.1 Å². The molecule has 0 unspecified atom stereocenters. The molecule has 2 aromatic carbocycles. The van der Waals surface area contributed by atoms with Crippen LogP contribution in [0.25, 0.3) is 0 Å². The topological polar surface area (TPSA) is 21.3 Å². The van der Waals surface area contributed by atoms with Crippen molar-refractivity contribution in [2.24, 2.45) is 0 Å². The molecule has 0 aromatic heterocycles. The summed E-state index contributed by atoms with van der Waals surface area (Å²) in [6.45, 7) is 0. The third-order valence-corrected chi connectivity index (χ3v) is 4.20. The van der Waals surface area contributed by atoms with Gasteiger partial charge in [-0.25, -0.2) is 0 Å². The zero-order valence-electron chi connectivity index (χ0n) is 10.3. The van der Waals surface area contributed by atoms with Crippen LogP contribution in [0.2, 0.25) is 0 Å². The highest BCUT2D eigenvalue weighted by Gasteiger charge is 2.39. The van der Waals surface area contributed by atoms with Crippen molar-refractivity contribution in [2.45, 2.75) is 18.4 Å². The van der Waals surface area contributed by atoms with E-state index in [0.29, 0.717) is 12.0 Å². The molecular formula is C16H15NO. The second-order valence-electron chi connectivity index (χ2n) is 5.08. The molecule has 0 saturated carbocycles. The number of anilines is 1. The molecule has 0 bridgehead atoms. The predicted molar refractivity (Wildman–Crippen MR) is 72.2 cm³/mol. The van der Waals surface area contributed by atoms with Crippen LogP contribution in [0.5, 0.6) is 5.75 Å². The zero-order valence-corrected chi connectivity index (χ0v) is 10.3. The summed E-state index contributed by atoms with van der Waals surface area (Å²) in [7, 11) is 1.73. The molecule has 2 nitrogen and oxygen atoms in total. The number of benzene rings is 2. The van der Waals surface area contributed by atoms with Crippen molar-refractivity contribution in [3.8, 4) is 5.75 Å². The van der Waals surface area contributed by atoms with Gasteiger partial charge in [-0.2, -0.15) is 0 Å². The van der Waals surface area contributed by atoms with Gasteiger partial charge in [0.15, 0.2) is 0 Å². The van der Waals surface area contributed by atoms with Crippen LogP contribution in [0.4, 0.5) is 5.69 Å². The van der Waals surface area contributed by atoms with Gasteiger partial charge in [-0.1, -0.05) is 24.3 Å². The second-order valence-corrected chi connectivity index (χ2v) is 5.08. The van der Waals surface area contributed by atoms with Crippen LogP contribution in [0.3, 0.4) is 0 Å².